The number of fused-ring (bicyclic) bond motifs is 1. The maximum atomic E-state index is 11.7. The van der Waals surface area contributed by atoms with Gasteiger partial charge >= 0.3 is 5.97 Å². The molecule has 0 bridgehead atoms. The number of nitrogens with two attached hydrogens (primary N) is 1. The number of nitrogens with one attached hydrogen (secondary N) is 1. The van der Waals surface area contributed by atoms with E-state index in [0.717, 1.165) is 16.5 Å². The number of methoxy groups -OCH3 is 1. The summed E-state index contributed by atoms with van der Waals surface area (Å²) in [4.78, 5) is 14.8. The number of ether oxygens (including phenoxy) is 1. The van der Waals surface area contributed by atoms with Crippen molar-refractivity contribution in [2.75, 3.05) is 7.11 Å². The number of rotatable bonds is 4. The lowest BCUT2D eigenvalue weighted by atomic mass is 9.92. The first kappa shape index (κ1) is 12.4. The molecule has 94 valence electrons. The predicted octanol–water partition coefficient (Wildman–Crippen LogP) is 1.77. The largest absolute Gasteiger partial charge is 0.467 e. The van der Waals surface area contributed by atoms with Crippen LogP contribution in [0.5, 0.6) is 0 Å². The van der Waals surface area contributed by atoms with Crippen molar-refractivity contribution in [2.24, 2.45) is 5.73 Å². The fourth-order valence-corrected chi connectivity index (χ4v) is 2.01. The molecule has 0 radical (unpaired) electrons. The second-order valence-electron chi connectivity index (χ2n) is 4.27. The van der Waals surface area contributed by atoms with E-state index in [1.165, 1.54) is 13.2 Å². The quantitative estimate of drug-likeness (QED) is 0.636. The topological polar surface area (TPSA) is 68.1 Å². The Morgan fingerprint density at radius 1 is 1.56 bits per heavy atom. The third-order valence-corrected chi connectivity index (χ3v) is 3.09. The number of hydrogen-bond acceptors (Lipinski definition) is 3. The van der Waals surface area contributed by atoms with Gasteiger partial charge in [-0.05, 0) is 11.6 Å². The van der Waals surface area contributed by atoms with E-state index < -0.39 is 11.5 Å². The van der Waals surface area contributed by atoms with Gasteiger partial charge in [-0.3, -0.25) is 0 Å². The molecule has 0 fully saturated rings. The summed E-state index contributed by atoms with van der Waals surface area (Å²) in [6.07, 6.45) is 3.65. The summed E-state index contributed by atoms with van der Waals surface area (Å²) in [5.41, 5.74) is 6.82. The van der Waals surface area contributed by atoms with E-state index in [9.17, 15) is 4.79 Å². The molecular weight excluding hydrogens is 228 g/mol. The highest BCUT2D eigenvalue weighted by Crippen LogP contribution is 2.22. The minimum atomic E-state index is -1.19. The summed E-state index contributed by atoms with van der Waals surface area (Å²) in [7, 11) is 1.32. The first-order valence-corrected chi connectivity index (χ1v) is 5.66. The number of hydrogen-bond donors (Lipinski definition) is 2. The third kappa shape index (κ3) is 2.02. The molecular formula is C14H16N2O2. The zero-order valence-corrected chi connectivity index (χ0v) is 10.3. The van der Waals surface area contributed by atoms with Gasteiger partial charge in [0.05, 0.1) is 7.11 Å². The molecule has 4 heteroatoms. The molecule has 3 N–H and O–H groups in total. The Morgan fingerprint density at radius 3 is 2.94 bits per heavy atom. The Bertz CT molecular complexity index is 588. The van der Waals surface area contributed by atoms with E-state index in [1.807, 2.05) is 30.5 Å². The summed E-state index contributed by atoms with van der Waals surface area (Å²) < 4.78 is 4.72. The first-order chi connectivity index (χ1) is 8.60. The number of para-hydroxylation sites is 1. The van der Waals surface area contributed by atoms with Crippen molar-refractivity contribution < 1.29 is 9.53 Å². The molecule has 2 rings (SSSR count). The molecule has 0 saturated carbocycles. The van der Waals surface area contributed by atoms with Gasteiger partial charge in [-0.1, -0.05) is 24.3 Å². The van der Waals surface area contributed by atoms with Gasteiger partial charge in [0.25, 0.3) is 0 Å². The minimum absolute atomic E-state index is 0.354. The molecule has 0 saturated heterocycles. The van der Waals surface area contributed by atoms with E-state index in [0.29, 0.717) is 6.42 Å². The average Bonchev–Trinajstić information content (AvgIpc) is 2.81. The monoisotopic (exact) mass is 244 g/mol. The van der Waals surface area contributed by atoms with E-state index in [4.69, 9.17) is 10.5 Å². The van der Waals surface area contributed by atoms with Crippen LogP contribution in [0.2, 0.25) is 0 Å². The summed E-state index contributed by atoms with van der Waals surface area (Å²) >= 11 is 0. The number of aromatic nitrogens is 1. The van der Waals surface area contributed by atoms with Crippen LogP contribution in [0.25, 0.3) is 10.9 Å². The number of carbonyl (C=O) groups excluding carboxylic acids is 1. The van der Waals surface area contributed by atoms with Crippen LogP contribution in [-0.4, -0.2) is 23.6 Å². The highest BCUT2D eigenvalue weighted by Gasteiger charge is 2.32. The van der Waals surface area contributed by atoms with E-state index in [-0.39, 0.29) is 0 Å². The van der Waals surface area contributed by atoms with Crippen LogP contribution in [0.3, 0.4) is 0 Å². The Balaban J connectivity index is 2.38. The van der Waals surface area contributed by atoms with Crippen LogP contribution in [0.1, 0.15) is 5.56 Å². The van der Waals surface area contributed by atoms with Crippen molar-refractivity contribution in [3.8, 4) is 0 Å². The molecule has 0 unspecified atom stereocenters. The number of benzene rings is 1. The Labute approximate surface area is 105 Å². The van der Waals surface area contributed by atoms with Crippen molar-refractivity contribution in [1.82, 2.24) is 4.98 Å². The van der Waals surface area contributed by atoms with Gasteiger partial charge < -0.3 is 15.5 Å². The molecule has 1 aromatic heterocycles. The number of carbonyl (C=O) groups is 1. The van der Waals surface area contributed by atoms with Crippen molar-refractivity contribution >= 4 is 16.9 Å². The molecule has 0 spiro atoms. The third-order valence-electron chi connectivity index (χ3n) is 3.09. The minimum Gasteiger partial charge on any atom is -0.467 e. The van der Waals surface area contributed by atoms with Gasteiger partial charge in [0.15, 0.2) is 0 Å². The van der Waals surface area contributed by atoms with Gasteiger partial charge in [-0.15, -0.1) is 6.58 Å². The molecule has 4 nitrogen and oxygen atoms in total. The fraction of sp³-hybridized carbons (Fsp3) is 0.214. The molecule has 1 heterocycles. The molecule has 0 aliphatic heterocycles. The molecule has 1 aromatic carbocycles. The molecule has 0 aliphatic carbocycles. The zero-order chi connectivity index (χ0) is 13.2. The van der Waals surface area contributed by atoms with Gasteiger partial charge in [-0.25, -0.2) is 4.79 Å². The van der Waals surface area contributed by atoms with E-state index in [1.54, 1.807) is 0 Å². The second-order valence-corrected chi connectivity index (χ2v) is 4.27. The van der Waals surface area contributed by atoms with Crippen LogP contribution in [0.15, 0.2) is 43.1 Å². The average molecular weight is 244 g/mol. The summed E-state index contributed by atoms with van der Waals surface area (Å²) in [6, 6.07) is 7.86. The smallest absolute Gasteiger partial charge is 0.330 e. The predicted molar refractivity (Wildman–Crippen MR) is 71.1 cm³/mol. The van der Waals surface area contributed by atoms with E-state index in [2.05, 4.69) is 11.6 Å². The van der Waals surface area contributed by atoms with Crippen molar-refractivity contribution in [3.05, 3.63) is 48.7 Å². The lowest BCUT2D eigenvalue weighted by Crippen LogP contribution is -2.48. The van der Waals surface area contributed by atoms with Gasteiger partial charge in [0.2, 0.25) is 0 Å². The SMILES string of the molecule is C=C[C@](N)(Cc1c[nH]c2ccccc12)C(=O)OC. The maximum Gasteiger partial charge on any atom is 0.330 e. The van der Waals surface area contributed by atoms with Gasteiger partial charge in [0, 0.05) is 23.5 Å². The molecule has 18 heavy (non-hydrogen) atoms. The van der Waals surface area contributed by atoms with Crippen LogP contribution in [0, 0.1) is 0 Å². The normalized spacial score (nSPS) is 14.1. The van der Waals surface area contributed by atoms with Crippen LogP contribution >= 0.6 is 0 Å². The van der Waals surface area contributed by atoms with E-state index >= 15 is 0 Å². The summed E-state index contributed by atoms with van der Waals surface area (Å²) in [5, 5.41) is 1.05. The zero-order valence-electron chi connectivity index (χ0n) is 10.3. The van der Waals surface area contributed by atoms with Gasteiger partial charge in [0.1, 0.15) is 5.54 Å². The molecule has 0 amide bonds. The molecule has 1 atom stereocenters. The lowest BCUT2D eigenvalue weighted by Gasteiger charge is -2.22. The number of esters is 1. The second kappa shape index (κ2) is 4.66. The Hall–Kier alpha value is -2.07. The first-order valence-electron chi connectivity index (χ1n) is 5.66. The van der Waals surface area contributed by atoms with Crippen molar-refractivity contribution in [2.45, 2.75) is 12.0 Å². The van der Waals surface area contributed by atoms with Crippen molar-refractivity contribution in [1.29, 1.82) is 0 Å². The van der Waals surface area contributed by atoms with Gasteiger partial charge in [-0.2, -0.15) is 0 Å². The fourth-order valence-electron chi connectivity index (χ4n) is 2.01. The highest BCUT2D eigenvalue weighted by atomic mass is 16.5. The van der Waals surface area contributed by atoms with Crippen LogP contribution in [-0.2, 0) is 16.0 Å². The standard InChI is InChI=1S/C14H16N2O2/c1-3-14(15,13(17)18-2)8-10-9-16-12-7-5-4-6-11(10)12/h3-7,9,16H,1,8,15H2,2H3/t14-/m0/s1. The Kier molecular flexibility index (Phi) is 3.21. The highest BCUT2D eigenvalue weighted by molar-refractivity contribution is 5.87. The molecule has 2 aromatic rings. The van der Waals surface area contributed by atoms with Crippen molar-refractivity contribution in [3.63, 3.8) is 0 Å². The lowest BCUT2D eigenvalue weighted by molar-refractivity contribution is -0.145. The Morgan fingerprint density at radius 2 is 2.28 bits per heavy atom. The summed E-state index contributed by atoms with van der Waals surface area (Å²) in [5.74, 6) is -0.484. The summed E-state index contributed by atoms with van der Waals surface area (Å²) in [6.45, 7) is 3.63. The number of H-pyrrole nitrogens is 1. The van der Waals surface area contributed by atoms with Crippen LogP contribution < -0.4 is 5.73 Å². The molecule has 0 aliphatic rings. The van der Waals surface area contributed by atoms with Crippen LogP contribution in [0.4, 0.5) is 0 Å². The maximum absolute atomic E-state index is 11.7. The number of aromatic amines is 1.